The molecule has 2 aromatic carbocycles. The summed E-state index contributed by atoms with van der Waals surface area (Å²) in [6.07, 6.45) is 2.86. The van der Waals surface area contributed by atoms with Gasteiger partial charge in [-0.05, 0) is 41.7 Å². The largest absolute Gasteiger partial charge is 0.503 e. The Morgan fingerprint density at radius 3 is 2.39 bits per heavy atom. The van der Waals surface area contributed by atoms with Crippen LogP contribution in [0.4, 0.5) is 4.39 Å². The van der Waals surface area contributed by atoms with Gasteiger partial charge in [0.05, 0.1) is 20.5 Å². The fraction of sp³-hybridized carbons (Fsp3) is 0.211. The van der Waals surface area contributed by atoms with Crippen LogP contribution in [0.15, 0.2) is 54.8 Å². The van der Waals surface area contributed by atoms with Gasteiger partial charge in [-0.25, -0.2) is 9.18 Å². The van der Waals surface area contributed by atoms with Crippen molar-refractivity contribution in [1.29, 1.82) is 0 Å². The maximum atomic E-state index is 13.0. The Labute approximate surface area is 135 Å². The summed E-state index contributed by atoms with van der Waals surface area (Å²) in [6, 6.07) is 14.0. The van der Waals surface area contributed by atoms with Crippen molar-refractivity contribution >= 4 is 11.5 Å². The molecule has 2 rings (SSSR count). The van der Waals surface area contributed by atoms with Gasteiger partial charge in [0.25, 0.3) is 0 Å². The molecule has 0 saturated carbocycles. The average Bonchev–Trinajstić information content (AvgIpc) is 2.59. The molecule has 0 heterocycles. The topological polar surface area (TPSA) is 35.5 Å². The first-order valence-electron chi connectivity index (χ1n) is 7.29. The second kappa shape index (κ2) is 8.13. The third-order valence-electron chi connectivity index (χ3n) is 3.54. The van der Waals surface area contributed by atoms with Crippen molar-refractivity contribution in [3.05, 3.63) is 77.3 Å². The Morgan fingerprint density at radius 2 is 1.74 bits per heavy atom. The fourth-order valence-corrected chi connectivity index (χ4v) is 2.38. The van der Waals surface area contributed by atoms with Crippen LogP contribution in [0.25, 0.3) is 5.57 Å². The van der Waals surface area contributed by atoms with Crippen molar-refractivity contribution in [2.75, 3.05) is 14.2 Å². The number of esters is 1. The van der Waals surface area contributed by atoms with Crippen molar-refractivity contribution in [2.45, 2.75) is 12.8 Å². The number of hydrogen-bond acceptors (Lipinski definition) is 3. The van der Waals surface area contributed by atoms with Crippen molar-refractivity contribution in [3.8, 4) is 0 Å². The van der Waals surface area contributed by atoms with Gasteiger partial charge >= 0.3 is 5.97 Å². The Bertz CT molecular complexity index is 690. The average molecular weight is 314 g/mol. The number of benzene rings is 2. The van der Waals surface area contributed by atoms with Gasteiger partial charge in [0.15, 0.2) is 0 Å². The molecule has 2 aromatic rings. The van der Waals surface area contributed by atoms with Crippen LogP contribution in [-0.4, -0.2) is 20.2 Å². The zero-order valence-electron chi connectivity index (χ0n) is 13.2. The highest BCUT2D eigenvalue weighted by molar-refractivity contribution is 6.16. The summed E-state index contributed by atoms with van der Waals surface area (Å²) in [5.74, 6) is -0.689. The van der Waals surface area contributed by atoms with Gasteiger partial charge in [0.1, 0.15) is 11.4 Å². The summed E-state index contributed by atoms with van der Waals surface area (Å²) < 4.78 is 22.8. The molecular formula is C19H19FO3. The normalized spacial score (nSPS) is 11.2. The summed E-state index contributed by atoms with van der Waals surface area (Å²) in [5, 5.41) is 0. The van der Waals surface area contributed by atoms with Crippen LogP contribution >= 0.6 is 0 Å². The lowest BCUT2D eigenvalue weighted by Gasteiger charge is -2.11. The number of ether oxygens (including phenoxy) is 2. The van der Waals surface area contributed by atoms with Gasteiger partial charge in [0, 0.05) is 0 Å². The van der Waals surface area contributed by atoms with E-state index in [0.717, 1.165) is 29.5 Å². The number of hydrogen-bond donors (Lipinski definition) is 0. The minimum Gasteiger partial charge on any atom is -0.503 e. The van der Waals surface area contributed by atoms with Gasteiger partial charge < -0.3 is 9.47 Å². The number of carbonyl (C=O) groups excluding carboxylic acids is 1. The zero-order valence-corrected chi connectivity index (χ0v) is 13.2. The first-order chi connectivity index (χ1) is 11.2. The molecule has 0 amide bonds. The van der Waals surface area contributed by atoms with Crippen LogP contribution in [-0.2, 0) is 27.1 Å². The molecule has 3 nitrogen and oxygen atoms in total. The smallest absolute Gasteiger partial charge is 0.341 e. The molecular weight excluding hydrogens is 295 g/mol. The van der Waals surface area contributed by atoms with E-state index < -0.39 is 5.97 Å². The predicted octanol–water partition coefficient (Wildman–Crippen LogP) is 3.77. The highest BCUT2D eigenvalue weighted by Gasteiger charge is 2.16. The van der Waals surface area contributed by atoms with Crippen molar-refractivity contribution < 1.29 is 18.7 Å². The van der Waals surface area contributed by atoms with Crippen LogP contribution in [0.1, 0.15) is 16.7 Å². The van der Waals surface area contributed by atoms with Crippen molar-refractivity contribution in [3.63, 3.8) is 0 Å². The highest BCUT2D eigenvalue weighted by atomic mass is 19.1. The lowest BCUT2D eigenvalue weighted by Crippen LogP contribution is -2.07. The van der Waals surface area contributed by atoms with Crippen LogP contribution in [0, 0.1) is 5.82 Å². The molecule has 0 atom stereocenters. The molecule has 0 fully saturated rings. The minimum atomic E-state index is -0.443. The van der Waals surface area contributed by atoms with E-state index in [2.05, 4.69) is 0 Å². The van der Waals surface area contributed by atoms with E-state index in [9.17, 15) is 9.18 Å². The molecule has 120 valence electrons. The quantitative estimate of drug-likeness (QED) is 0.462. The van der Waals surface area contributed by atoms with Gasteiger partial charge in [-0.1, -0.05) is 36.4 Å². The number of rotatable bonds is 6. The molecule has 0 spiro atoms. The Kier molecular flexibility index (Phi) is 5.92. The van der Waals surface area contributed by atoms with E-state index >= 15 is 0 Å². The minimum absolute atomic E-state index is 0.245. The van der Waals surface area contributed by atoms with Gasteiger partial charge in [-0.3, -0.25) is 0 Å². The zero-order chi connectivity index (χ0) is 16.7. The monoisotopic (exact) mass is 314 g/mol. The maximum absolute atomic E-state index is 13.0. The molecule has 4 heteroatoms. The first kappa shape index (κ1) is 16.7. The van der Waals surface area contributed by atoms with Crippen molar-refractivity contribution in [1.82, 2.24) is 0 Å². The molecule has 0 bridgehead atoms. The first-order valence-corrected chi connectivity index (χ1v) is 7.29. The summed E-state index contributed by atoms with van der Waals surface area (Å²) in [4.78, 5) is 12.0. The fourth-order valence-electron chi connectivity index (χ4n) is 2.38. The standard InChI is InChI=1S/C19H19FO3/c1-22-13-18(19(21)23-2)17-6-4-3-5-15(17)10-7-14-8-11-16(20)12-9-14/h3-6,8-9,11-13H,7,10H2,1-2H3. The van der Waals surface area contributed by atoms with Crippen LogP contribution in [0.2, 0.25) is 0 Å². The number of halogens is 1. The van der Waals surface area contributed by atoms with Crippen LogP contribution in [0.3, 0.4) is 0 Å². The highest BCUT2D eigenvalue weighted by Crippen LogP contribution is 2.22. The Hall–Kier alpha value is -2.62. The molecule has 0 N–H and O–H groups in total. The number of carbonyl (C=O) groups is 1. The predicted molar refractivity (Wildman–Crippen MR) is 87.3 cm³/mol. The summed E-state index contributed by atoms with van der Waals surface area (Å²) >= 11 is 0. The molecule has 0 unspecified atom stereocenters. The van der Waals surface area contributed by atoms with Crippen LogP contribution in [0.5, 0.6) is 0 Å². The molecule has 23 heavy (non-hydrogen) atoms. The lowest BCUT2D eigenvalue weighted by atomic mass is 9.95. The number of methoxy groups -OCH3 is 2. The third-order valence-corrected chi connectivity index (χ3v) is 3.54. The lowest BCUT2D eigenvalue weighted by molar-refractivity contribution is -0.133. The SMILES string of the molecule is COC=C(C(=O)OC)c1ccccc1CCc1ccc(F)cc1. The molecule has 0 aliphatic heterocycles. The molecule has 0 radical (unpaired) electrons. The van der Waals surface area contributed by atoms with Crippen LogP contribution < -0.4 is 0 Å². The molecule has 0 aliphatic carbocycles. The van der Waals surface area contributed by atoms with Gasteiger partial charge in [-0.15, -0.1) is 0 Å². The number of aryl methyl sites for hydroxylation is 2. The van der Waals surface area contributed by atoms with Gasteiger partial charge in [0.2, 0.25) is 0 Å². The van der Waals surface area contributed by atoms with E-state index in [-0.39, 0.29) is 5.82 Å². The van der Waals surface area contributed by atoms with Gasteiger partial charge in [-0.2, -0.15) is 0 Å². The van der Waals surface area contributed by atoms with E-state index in [1.54, 1.807) is 12.1 Å². The summed E-state index contributed by atoms with van der Waals surface area (Å²) in [6.45, 7) is 0. The second-order valence-electron chi connectivity index (χ2n) is 5.04. The Balaban J connectivity index is 2.24. The van der Waals surface area contributed by atoms with E-state index in [1.165, 1.54) is 32.6 Å². The second-order valence-corrected chi connectivity index (χ2v) is 5.04. The van der Waals surface area contributed by atoms with E-state index in [1.807, 2.05) is 24.3 Å². The molecule has 0 saturated heterocycles. The van der Waals surface area contributed by atoms with Crippen molar-refractivity contribution in [2.24, 2.45) is 0 Å². The maximum Gasteiger partial charge on any atom is 0.341 e. The van der Waals surface area contributed by atoms with E-state index in [4.69, 9.17) is 9.47 Å². The van der Waals surface area contributed by atoms with E-state index in [0.29, 0.717) is 5.57 Å². The third kappa shape index (κ3) is 4.42. The Morgan fingerprint density at radius 1 is 1.04 bits per heavy atom. The summed E-state index contributed by atoms with van der Waals surface area (Å²) in [7, 11) is 2.83. The molecule has 0 aromatic heterocycles. The molecule has 0 aliphatic rings. The summed E-state index contributed by atoms with van der Waals surface area (Å²) in [5.41, 5.74) is 3.20.